The second-order valence-corrected chi connectivity index (χ2v) is 6.82. The number of piperazine rings is 1. The molecule has 154 valence electrons. The number of hydrogen-bond acceptors (Lipinski definition) is 6. The van der Waals surface area contributed by atoms with Gasteiger partial charge in [0.25, 0.3) is 5.91 Å². The predicted octanol–water partition coefficient (Wildman–Crippen LogP) is 0.345. The minimum absolute atomic E-state index is 0.0114. The first kappa shape index (κ1) is 21.7. The lowest BCUT2D eigenvalue weighted by molar-refractivity contribution is -0.138. The zero-order valence-corrected chi connectivity index (χ0v) is 16.9. The van der Waals surface area contributed by atoms with Gasteiger partial charge in [0.2, 0.25) is 11.8 Å². The number of methoxy groups -OCH3 is 1. The SMILES string of the molecule is COCCCN(CCC(=O)N1CCN(C(C)=O)CC1)C(=O)c1cnc(C)cn1. The highest BCUT2D eigenvalue weighted by Crippen LogP contribution is 2.08. The summed E-state index contributed by atoms with van der Waals surface area (Å²) < 4.78 is 5.07. The third-order valence-corrected chi connectivity index (χ3v) is 4.74. The molecule has 2 heterocycles. The van der Waals surface area contributed by atoms with E-state index in [2.05, 4.69) is 9.97 Å². The van der Waals surface area contributed by atoms with E-state index in [0.29, 0.717) is 52.3 Å². The van der Waals surface area contributed by atoms with E-state index < -0.39 is 0 Å². The van der Waals surface area contributed by atoms with Crippen LogP contribution >= 0.6 is 0 Å². The topological polar surface area (TPSA) is 95.9 Å². The van der Waals surface area contributed by atoms with Crippen molar-refractivity contribution in [1.82, 2.24) is 24.7 Å². The monoisotopic (exact) mass is 391 g/mol. The minimum atomic E-state index is -0.238. The second-order valence-electron chi connectivity index (χ2n) is 6.82. The molecule has 0 spiro atoms. The van der Waals surface area contributed by atoms with Crippen LogP contribution in [0.15, 0.2) is 12.4 Å². The molecule has 3 amide bonds. The fourth-order valence-corrected chi connectivity index (χ4v) is 3.04. The molecule has 0 N–H and O–H groups in total. The fourth-order valence-electron chi connectivity index (χ4n) is 3.04. The standard InChI is InChI=1S/C19H29N5O4/c1-15-13-21-17(14-20-15)19(27)24(6-4-12-28-3)7-5-18(26)23-10-8-22(9-11-23)16(2)25/h13-14H,4-12H2,1-3H3. The van der Waals surface area contributed by atoms with Gasteiger partial charge >= 0.3 is 0 Å². The number of aryl methyl sites for hydroxylation is 1. The summed E-state index contributed by atoms with van der Waals surface area (Å²) in [6, 6.07) is 0. The first-order valence-corrected chi connectivity index (χ1v) is 9.52. The molecule has 1 fully saturated rings. The Balaban J connectivity index is 1.92. The maximum atomic E-state index is 12.8. The Labute approximate surface area is 165 Å². The van der Waals surface area contributed by atoms with Crippen molar-refractivity contribution in [2.45, 2.75) is 26.7 Å². The molecule has 1 aliphatic heterocycles. The molecule has 9 heteroatoms. The summed E-state index contributed by atoms with van der Waals surface area (Å²) >= 11 is 0. The molecule has 0 aliphatic carbocycles. The average Bonchev–Trinajstić information content (AvgIpc) is 2.70. The smallest absolute Gasteiger partial charge is 0.274 e. The van der Waals surface area contributed by atoms with Crippen molar-refractivity contribution in [3.63, 3.8) is 0 Å². The van der Waals surface area contributed by atoms with Crippen molar-refractivity contribution in [1.29, 1.82) is 0 Å². The quantitative estimate of drug-likeness (QED) is 0.593. The Morgan fingerprint density at radius 1 is 1.07 bits per heavy atom. The molecule has 1 aliphatic rings. The van der Waals surface area contributed by atoms with Crippen LogP contribution in [-0.4, -0.2) is 95.4 Å². The summed E-state index contributed by atoms with van der Waals surface area (Å²) in [4.78, 5) is 50.1. The first-order chi connectivity index (χ1) is 13.4. The van der Waals surface area contributed by atoms with Gasteiger partial charge < -0.3 is 19.4 Å². The maximum absolute atomic E-state index is 12.8. The number of hydrogen-bond donors (Lipinski definition) is 0. The van der Waals surface area contributed by atoms with Gasteiger partial charge in [-0.15, -0.1) is 0 Å². The van der Waals surface area contributed by atoms with Crippen LogP contribution in [0.2, 0.25) is 0 Å². The molecule has 1 saturated heterocycles. The van der Waals surface area contributed by atoms with Gasteiger partial charge in [-0.3, -0.25) is 19.4 Å². The number of carbonyl (C=O) groups is 3. The Kier molecular flexibility index (Phi) is 8.31. The summed E-state index contributed by atoms with van der Waals surface area (Å²) in [6.07, 6.45) is 3.93. The molecule has 28 heavy (non-hydrogen) atoms. The van der Waals surface area contributed by atoms with Crippen molar-refractivity contribution in [2.24, 2.45) is 0 Å². The van der Waals surface area contributed by atoms with E-state index in [0.717, 1.165) is 5.69 Å². The van der Waals surface area contributed by atoms with E-state index in [4.69, 9.17) is 4.74 Å². The molecular weight excluding hydrogens is 362 g/mol. The van der Waals surface area contributed by atoms with Crippen LogP contribution < -0.4 is 0 Å². The molecule has 2 rings (SSSR count). The summed E-state index contributed by atoms with van der Waals surface area (Å²) in [5.74, 6) is -0.221. The highest BCUT2D eigenvalue weighted by Gasteiger charge is 2.24. The van der Waals surface area contributed by atoms with Gasteiger partial charge in [0.05, 0.1) is 11.9 Å². The molecule has 1 aromatic heterocycles. The lowest BCUT2D eigenvalue weighted by Gasteiger charge is -2.34. The Bertz CT molecular complexity index is 671. The van der Waals surface area contributed by atoms with Gasteiger partial charge in [-0.2, -0.15) is 0 Å². The van der Waals surface area contributed by atoms with E-state index >= 15 is 0 Å². The van der Waals surface area contributed by atoms with Crippen molar-refractivity contribution < 1.29 is 19.1 Å². The molecule has 1 aromatic rings. The minimum Gasteiger partial charge on any atom is -0.385 e. The van der Waals surface area contributed by atoms with Crippen molar-refractivity contribution in [3.05, 3.63) is 23.8 Å². The Morgan fingerprint density at radius 3 is 2.32 bits per heavy atom. The zero-order valence-electron chi connectivity index (χ0n) is 16.9. The van der Waals surface area contributed by atoms with Gasteiger partial charge in [0, 0.05) is 72.5 Å². The fraction of sp³-hybridized carbons (Fsp3) is 0.632. The lowest BCUT2D eigenvalue weighted by atomic mass is 10.2. The number of ether oxygens (including phenoxy) is 1. The molecule has 0 radical (unpaired) electrons. The molecule has 9 nitrogen and oxygen atoms in total. The second kappa shape index (κ2) is 10.7. The Morgan fingerprint density at radius 2 is 1.75 bits per heavy atom. The van der Waals surface area contributed by atoms with Gasteiger partial charge in [0.15, 0.2) is 0 Å². The summed E-state index contributed by atoms with van der Waals surface area (Å²) in [6.45, 7) is 6.82. The van der Waals surface area contributed by atoms with E-state index in [-0.39, 0.29) is 29.8 Å². The number of rotatable bonds is 8. The molecule has 0 bridgehead atoms. The molecule has 0 aromatic carbocycles. The lowest BCUT2D eigenvalue weighted by Crippen LogP contribution is -2.50. The first-order valence-electron chi connectivity index (χ1n) is 9.52. The van der Waals surface area contributed by atoms with Gasteiger partial charge in [0.1, 0.15) is 5.69 Å². The van der Waals surface area contributed by atoms with E-state index in [9.17, 15) is 14.4 Å². The summed E-state index contributed by atoms with van der Waals surface area (Å²) in [5, 5.41) is 0. The van der Waals surface area contributed by atoms with Gasteiger partial charge in [-0.25, -0.2) is 4.98 Å². The van der Waals surface area contributed by atoms with Crippen LogP contribution in [0.4, 0.5) is 0 Å². The van der Waals surface area contributed by atoms with E-state index in [1.165, 1.54) is 13.1 Å². The molecule has 0 unspecified atom stereocenters. The van der Waals surface area contributed by atoms with Crippen molar-refractivity contribution in [2.75, 3.05) is 53.0 Å². The third kappa shape index (κ3) is 6.26. The number of carbonyl (C=O) groups excluding carboxylic acids is 3. The molecule has 0 saturated carbocycles. The number of amides is 3. The highest BCUT2D eigenvalue weighted by molar-refractivity contribution is 5.92. The maximum Gasteiger partial charge on any atom is 0.274 e. The van der Waals surface area contributed by atoms with Crippen LogP contribution in [0, 0.1) is 6.92 Å². The molecular formula is C19H29N5O4. The van der Waals surface area contributed by atoms with E-state index in [1.807, 2.05) is 6.92 Å². The van der Waals surface area contributed by atoms with Gasteiger partial charge in [-0.1, -0.05) is 0 Å². The summed E-state index contributed by atoms with van der Waals surface area (Å²) in [7, 11) is 1.61. The van der Waals surface area contributed by atoms with Crippen molar-refractivity contribution in [3.8, 4) is 0 Å². The third-order valence-electron chi connectivity index (χ3n) is 4.74. The average molecular weight is 391 g/mol. The highest BCUT2D eigenvalue weighted by atomic mass is 16.5. The van der Waals surface area contributed by atoms with Crippen LogP contribution in [0.3, 0.4) is 0 Å². The largest absolute Gasteiger partial charge is 0.385 e. The van der Waals surface area contributed by atoms with Crippen LogP contribution in [-0.2, 0) is 14.3 Å². The van der Waals surface area contributed by atoms with Crippen molar-refractivity contribution >= 4 is 17.7 Å². The molecule has 0 atom stereocenters. The normalized spacial score (nSPS) is 14.1. The van der Waals surface area contributed by atoms with Gasteiger partial charge in [-0.05, 0) is 13.3 Å². The van der Waals surface area contributed by atoms with Crippen LogP contribution in [0.1, 0.15) is 35.9 Å². The van der Waals surface area contributed by atoms with Crippen LogP contribution in [0.5, 0.6) is 0 Å². The summed E-state index contributed by atoms with van der Waals surface area (Å²) in [5.41, 5.74) is 1.01. The number of nitrogens with zero attached hydrogens (tertiary/aromatic N) is 5. The predicted molar refractivity (Wildman–Crippen MR) is 103 cm³/mol. The van der Waals surface area contributed by atoms with E-state index in [1.54, 1.807) is 28.0 Å². The Hall–Kier alpha value is -2.55. The van der Waals surface area contributed by atoms with Crippen LogP contribution in [0.25, 0.3) is 0 Å². The number of aromatic nitrogens is 2. The zero-order chi connectivity index (χ0) is 20.5.